The van der Waals surface area contributed by atoms with Gasteiger partial charge in [-0.1, -0.05) is 6.92 Å². The molecule has 0 fully saturated rings. The van der Waals surface area contributed by atoms with Crippen LogP contribution in [-0.4, -0.2) is 54.7 Å². The van der Waals surface area contributed by atoms with Gasteiger partial charge in [0, 0.05) is 20.6 Å². The third kappa shape index (κ3) is 4.26. The summed E-state index contributed by atoms with van der Waals surface area (Å²) in [6.07, 6.45) is 0.657. The van der Waals surface area contributed by atoms with Gasteiger partial charge < -0.3 is 9.80 Å². The van der Waals surface area contributed by atoms with Crippen LogP contribution in [0.15, 0.2) is 0 Å². The van der Waals surface area contributed by atoms with Gasteiger partial charge >= 0.3 is 11.8 Å². The number of hydrazine groups is 1. The number of carbonyl (C=O) groups excluding carboxylic acids is 3. The van der Waals surface area contributed by atoms with E-state index in [0.29, 0.717) is 13.0 Å². The largest absolute Gasteiger partial charge is 0.347 e. The predicted molar refractivity (Wildman–Crippen MR) is 57.9 cm³/mol. The summed E-state index contributed by atoms with van der Waals surface area (Å²) in [4.78, 5) is 36.5. The number of nitrogens with two attached hydrogens (primary N) is 1. The molecule has 0 atom stereocenters. The quantitative estimate of drug-likeness (QED) is 0.260. The molecule has 0 heterocycles. The van der Waals surface area contributed by atoms with Crippen molar-refractivity contribution in [2.75, 3.05) is 27.2 Å². The van der Waals surface area contributed by atoms with Gasteiger partial charge in [0.2, 0.25) is 5.91 Å². The van der Waals surface area contributed by atoms with E-state index < -0.39 is 11.8 Å². The maximum atomic E-state index is 11.5. The lowest BCUT2D eigenvalue weighted by Gasteiger charge is -2.22. The molecule has 3 N–H and O–H groups in total. The zero-order valence-electron chi connectivity index (χ0n) is 9.82. The molecule has 16 heavy (non-hydrogen) atoms. The van der Waals surface area contributed by atoms with Crippen LogP contribution in [-0.2, 0) is 14.4 Å². The van der Waals surface area contributed by atoms with Crippen molar-refractivity contribution in [2.45, 2.75) is 13.3 Å². The van der Waals surface area contributed by atoms with Gasteiger partial charge in [0.25, 0.3) is 0 Å². The van der Waals surface area contributed by atoms with Gasteiger partial charge in [0.1, 0.15) is 6.54 Å². The molecule has 0 aliphatic rings. The topological polar surface area (TPSA) is 95.7 Å². The van der Waals surface area contributed by atoms with Crippen molar-refractivity contribution in [1.29, 1.82) is 0 Å². The Labute approximate surface area is 94.5 Å². The van der Waals surface area contributed by atoms with Crippen LogP contribution in [0.2, 0.25) is 0 Å². The van der Waals surface area contributed by atoms with E-state index in [9.17, 15) is 14.4 Å². The molecule has 0 rings (SSSR count). The molecule has 0 aromatic carbocycles. The number of hydrogen-bond acceptors (Lipinski definition) is 4. The first-order valence-electron chi connectivity index (χ1n) is 4.94. The number of rotatable bonds is 4. The first kappa shape index (κ1) is 14.4. The standard InChI is InChI=1S/C9H18N4O3/c1-4-5-13(6-7(14)12(2)3)9(16)8(15)11-10/h4-6,10H2,1-3H3,(H,11,15). The Kier molecular flexibility index (Phi) is 6.09. The Bertz CT molecular complexity index is 278. The van der Waals surface area contributed by atoms with E-state index >= 15 is 0 Å². The smallest absolute Gasteiger partial charge is 0.323 e. The Morgan fingerprint density at radius 2 is 1.81 bits per heavy atom. The summed E-state index contributed by atoms with van der Waals surface area (Å²) >= 11 is 0. The summed E-state index contributed by atoms with van der Waals surface area (Å²) in [5, 5.41) is 0. The second kappa shape index (κ2) is 6.78. The molecule has 7 nitrogen and oxygen atoms in total. The average Bonchev–Trinajstić information content (AvgIpc) is 2.26. The van der Waals surface area contributed by atoms with Crippen LogP contribution < -0.4 is 11.3 Å². The molecule has 0 aliphatic carbocycles. The van der Waals surface area contributed by atoms with E-state index in [1.807, 2.05) is 6.92 Å². The highest BCUT2D eigenvalue weighted by atomic mass is 16.2. The second-order valence-electron chi connectivity index (χ2n) is 3.49. The SMILES string of the molecule is CCCN(CC(=O)N(C)C)C(=O)C(=O)NN. The van der Waals surface area contributed by atoms with Gasteiger partial charge in [-0.05, 0) is 6.42 Å². The van der Waals surface area contributed by atoms with E-state index in [-0.39, 0.29) is 12.5 Å². The fraction of sp³-hybridized carbons (Fsp3) is 0.667. The van der Waals surface area contributed by atoms with Crippen LogP contribution in [0.4, 0.5) is 0 Å². The summed E-state index contributed by atoms with van der Waals surface area (Å²) in [6, 6.07) is 0. The van der Waals surface area contributed by atoms with E-state index in [1.165, 1.54) is 9.80 Å². The normalized spacial score (nSPS) is 9.50. The summed E-state index contributed by atoms with van der Waals surface area (Å²) in [6.45, 7) is 2.07. The third-order valence-electron chi connectivity index (χ3n) is 1.93. The van der Waals surface area contributed by atoms with Crippen LogP contribution in [0.5, 0.6) is 0 Å². The zero-order chi connectivity index (χ0) is 12.7. The molecule has 92 valence electrons. The Hall–Kier alpha value is -1.63. The maximum absolute atomic E-state index is 11.5. The summed E-state index contributed by atoms with van der Waals surface area (Å²) in [5.74, 6) is 2.90. The highest BCUT2D eigenvalue weighted by Crippen LogP contribution is 1.95. The van der Waals surface area contributed by atoms with Crippen LogP contribution in [0.25, 0.3) is 0 Å². The number of hydrogen-bond donors (Lipinski definition) is 2. The first-order valence-corrected chi connectivity index (χ1v) is 4.94. The number of likely N-dealkylation sites (N-methyl/N-ethyl adjacent to an activating group) is 1. The van der Waals surface area contributed by atoms with Crippen molar-refractivity contribution in [3.8, 4) is 0 Å². The van der Waals surface area contributed by atoms with Crippen molar-refractivity contribution in [2.24, 2.45) is 5.84 Å². The minimum atomic E-state index is -0.917. The van der Waals surface area contributed by atoms with Crippen LogP contribution in [0, 0.1) is 0 Å². The fourth-order valence-electron chi connectivity index (χ4n) is 1.03. The van der Waals surface area contributed by atoms with Crippen molar-refractivity contribution in [3.63, 3.8) is 0 Å². The average molecular weight is 230 g/mol. The van der Waals surface area contributed by atoms with Crippen molar-refractivity contribution >= 4 is 17.7 Å². The van der Waals surface area contributed by atoms with E-state index in [1.54, 1.807) is 19.5 Å². The van der Waals surface area contributed by atoms with Gasteiger partial charge in [-0.2, -0.15) is 0 Å². The maximum Gasteiger partial charge on any atom is 0.323 e. The Morgan fingerprint density at radius 3 is 2.19 bits per heavy atom. The second-order valence-corrected chi connectivity index (χ2v) is 3.49. The summed E-state index contributed by atoms with van der Waals surface area (Å²) < 4.78 is 0. The lowest BCUT2D eigenvalue weighted by Crippen LogP contribution is -2.48. The molecule has 3 amide bonds. The lowest BCUT2D eigenvalue weighted by atomic mass is 10.3. The number of amides is 3. The van der Waals surface area contributed by atoms with Gasteiger partial charge in [-0.3, -0.25) is 19.8 Å². The lowest BCUT2D eigenvalue weighted by molar-refractivity contribution is -0.148. The van der Waals surface area contributed by atoms with Crippen molar-refractivity contribution in [3.05, 3.63) is 0 Å². The van der Waals surface area contributed by atoms with E-state index in [2.05, 4.69) is 0 Å². The zero-order valence-corrected chi connectivity index (χ0v) is 9.82. The highest BCUT2D eigenvalue weighted by molar-refractivity contribution is 6.35. The van der Waals surface area contributed by atoms with Gasteiger partial charge in [-0.25, -0.2) is 5.84 Å². The molecular weight excluding hydrogens is 212 g/mol. The minimum Gasteiger partial charge on any atom is -0.347 e. The number of nitrogens with one attached hydrogen (secondary N) is 1. The van der Waals surface area contributed by atoms with Crippen molar-refractivity contribution in [1.82, 2.24) is 15.2 Å². The highest BCUT2D eigenvalue weighted by Gasteiger charge is 2.22. The Morgan fingerprint density at radius 1 is 1.25 bits per heavy atom. The third-order valence-corrected chi connectivity index (χ3v) is 1.93. The predicted octanol–water partition coefficient (Wildman–Crippen LogP) is -1.70. The van der Waals surface area contributed by atoms with Crippen LogP contribution >= 0.6 is 0 Å². The molecule has 0 spiro atoms. The summed E-state index contributed by atoms with van der Waals surface area (Å²) in [5.41, 5.74) is 1.75. The summed E-state index contributed by atoms with van der Waals surface area (Å²) in [7, 11) is 3.17. The molecule has 0 bridgehead atoms. The van der Waals surface area contributed by atoms with E-state index in [0.717, 1.165) is 0 Å². The molecule has 0 aromatic rings. The fourth-order valence-corrected chi connectivity index (χ4v) is 1.03. The van der Waals surface area contributed by atoms with Crippen LogP contribution in [0.1, 0.15) is 13.3 Å². The molecule has 0 aliphatic heterocycles. The van der Waals surface area contributed by atoms with E-state index in [4.69, 9.17) is 5.84 Å². The first-order chi connectivity index (χ1) is 7.43. The Balaban J connectivity index is 4.55. The molecule has 0 unspecified atom stereocenters. The molecule has 0 radical (unpaired) electrons. The van der Waals surface area contributed by atoms with Gasteiger partial charge in [-0.15, -0.1) is 0 Å². The monoisotopic (exact) mass is 230 g/mol. The molecule has 0 saturated heterocycles. The molecule has 0 saturated carbocycles. The van der Waals surface area contributed by atoms with Crippen LogP contribution in [0.3, 0.4) is 0 Å². The minimum absolute atomic E-state index is 0.118. The molecule has 7 heteroatoms. The molecular formula is C9H18N4O3. The number of nitrogens with zero attached hydrogens (tertiary/aromatic N) is 2. The van der Waals surface area contributed by atoms with Gasteiger partial charge in [0.05, 0.1) is 0 Å². The van der Waals surface area contributed by atoms with Gasteiger partial charge in [0.15, 0.2) is 0 Å². The van der Waals surface area contributed by atoms with Crippen molar-refractivity contribution < 1.29 is 14.4 Å². The molecule has 0 aromatic heterocycles. The number of carbonyl (C=O) groups is 3.